The smallest absolute Gasteiger partial charge is 0.365 e. The van der Waals surface area contributed by atoms with Crippen LogP contribution in [0, 0.1) is 17.0 Å². The summed E-state index contributed by atoms with van der Waals surface area (Å²) in [4.78, 5) is 28.5. The molecule has 3 rings (SSSR count). The number of amidine groups is 1. The van der Waals surface area contributed by atoms with Gasteiger partial charge in [0, 0.05) is 6.07 Å². The standard InChI is InChI=1S/C20H17N3O5S/c1-13-7-8-17(16(10-13)23(25)26)27-12-14-4-2-5-15(11-14)20(24)28-22-19(21)18-6-3-9-29-18/h2-11H,12H2,1H3,(H2,21,22). The van der Waals surface area contributed by atoms with E-state index >= 15 is 0 Å². The van der Waals surface area contributed by atoms with Crippen molar-refractivity contribution in [2.24, 2.45) is 10.9 Å². The average Bonchev–Trinajstić information content (AvgIpc) is 3.26. The van der Waals surface area contributed by atoms with E-state index in [4.69, 9.17) is 15.3 Å². The van der Waals surface area contributed by atoms with Crippen LogP contribution in [0.25, 0.3) is 0 Å². The van der Waals surface area contributed by atoms with E-state index in [0.29, 0.717) is 10.4 Å². The maximum absolute atomic E-state index is 12.2. The zero-order chi connectivity index (χ0) is 20.8. The van der Waals surface area contributed by atoms with E-state index in [1.165, 1.54) is 17.4 Å². The highest BCUT2D eigenvalue weighted by Gasteiger charge is 2.16. The Morgan fingerprint density at radius 3 is 2.76 bits per heavy atom. The molecule has 1 aromatic heterocycles. The molecule has 0 aliphatic heterocycles. The van der Waals surface area contributed by atoms with E-state index in [0.717, 1.165) is 5.56 Å². The van der Waals surface area contributed by atoms with Gasteiger partial charge in [-0.15, -0.1) is 11.3 Å². The lowest BCUT2D eigenvalue weighted by Crippen LogP contribution is -2.13. The van der Waals surface area contributed by atoms with Gasteiger partial charge in [-0.2, -0.15) is 0 Å². The van der Waals surface area contributed by atoms with Gasteiger partial charge in [-0.3, -0.25) is 10.1 Å². The summed E-state index contributed by atoms with van der Waals surface area (Å²) in [5.74, 6) is -0.408. The number of carbonyl (C=O) groups is 1. The predicted molar refractivity (Wildman–Crippen MR) is 109 cm³/mol. The fourth-order valence-corrected chi connectivity index (χ4v) is 3.07. The zero-order valence-electron chi connectivity index (χ0n) is 15.4. The second-order valence-corrected chi connectivity index (χ2v) is 7.00. The number of carbonyl (C=O) groups excluding carboxylic acids is 1. The Morgan fingerprint density at radius 2 is 2.03 bits per heavy atom. The quantitative estimate of drug-likeness (QED) is 0.206. The molecule has 0 radical (unpaired) electrons. The van der Waals surface area contributed by atoms with Crippen molar-refractivity contribution in [1.29, 1.82) is 0 Å². The summed E-state index contributed by atoms with van der Waals surface area (Å²) >= 11 is 1.38. The number of hydrogen-bond donors (Lipinski definition) is 1. The van der Waals surface area contributed by atoms with Gasteiger partial charge >= 0.3 is 11.7 Å². The van der Waals surface area contributed by atoms with Crippen LogP contribution in [0.4, 0.5) is 5.69 Å². The van der Waals surface area contributed by atoms with Crippen LogP contribution in [0.5, 0.6) is 5.75 Å². The van der Waals surface area contributed by atoms with Gasteiger partial charge in [0.05, 0.1) is 15.4 Å². The number of ether oxygens (including phenoxy) is 1. The van der Waals surface area contributed by atoms with Gasteiger partial charge < -0.3 is 15.3 Å². The number of hydrogen-bond acceptors (Lipinski definition) is 7. The lowest BCUT2D eigenvalue weighted by Gasteiger charge is -2.08. The van der Waals surface area contributed by atoms with Gasteiger partial charge in [0.1, 0.15) is 6.61 Å². The van der Waals surface area contributed by atoms with Crippen molar-refractivity contribution < 1.29 is 19.3 Å². The van der Waals surface area contributed by atoms with E-state index in [2.05, 4.69) is 5.16 Å². The molecule has 0 aliphatic rings. The maximum atomic E-state index is 12.2. The Balaban J connectivity index is 1.68. The molecule has 148 valence electrons. The molecule has 0 atom stereocenters. The Labute approximate surface area is 170 Å². The molecular formula is C20H17N3O5S. The second-order valence-electron chi connectivity index (χ2n) is 6.05. The monoisotopic (exact) mass is 411 g/mol. The third kappa shape index (κ3) is 5.17. The van der Waals surface area contributed by atoms with Crippen molar-refractivity contribution in [2.75, 3.05) is 0 Å². The summed E-state index contributed by atoms with van der Waals surface area (Å²) < 4.78 is 5.58. The van der Waals surface area contributed by atoms with Gasteiger partial charge in [0.25, 0.3) is 0 Å². The first-order valence-electron chi connectivity index (χ1n) is 8.49. The molecule has 8 nitrogen and oxygen atoms in total. The number of nitrogens with two attached hydrogens (primary N) is 1. The number of oxime groups is 1. The van der Waals surface area contributed by atoms with Gasteiger partial charge in [0.15, 0.2) is 11.6 Å². The van der Waals surface area contributed by atoms with E-state index in [-0.39, 0.29) is 29.4 Å². The summed E-state index contributed by atoms with van der Waals surface area (Å²) in [7, 11) is 0. The van der Waals surface area contributed by atoms with Crippen molar-refractivity contribution in [3.05, 3.63) is 91.7 Å². The van der Waals surface area contributed by atoms with Crippen molar-refractivity contribution in [2.45, 2.75) is 13.5 Å². The average molecular weight is 411 g/mol. The molecule has 0 fully saturated rings. The van der Waals surface area contributed by atoms with Crippen LogP contribution >= 0.6 is 11.3 Å². The molecule has 3 aromatic rings. The summed E-state index contributed by atoms with van der Waals surface area (Å²) in [6, 6.07) is 14.8. The molecule has 0 saturated carbocycles. The van der Waals surface area contributed by atoms with Crippen molar-refractivity contribution >= 4 is 28.8 Å². The molecule has 0 amide bonds. The van der Waals surface area contributed by atoms with Crippen molar-refractivity contribution in [3.8, 4) is 5.75 Å². The van der Waals surface area contributed by atoms with E-state index in [9.17, 15) is 14.9 Å². The number of thiophene rings is 1. The molecule has 29 heavy (non-hydrogen) atoms. The zero-order valence-corrected chi connectivity index (χ0v) is 16.2. The molecule has 2 aromatic carbocycles. The molecule has 0 spiro atoms. The number of nitro groups is 1. The normalized spacial score (nSPS) is 11.1. The van der Waals surface area contributed by atoms with Gasteiger partial charge in [-0.05, 0) is 47.7 Å². The molecular weight excluding hydrogens is 394 g/mol. The van der Waals surface area contributed by atoms with Crippen LogP contribution in [-0.2, 0) is 11.4 Å². The maximum Gasteiger partial charge on any atom is 0.365 e. The summed E-state index contributed by atoms with van der Waals surface area (Å²) in [6.07, 6.45) is 0. The predicted octanol–water partition coefficient (Wildman–Crippen LogP) is 4.02. The van der Waals surface area contributed by atoms with E-state index < -0.39 is 10.9 Å². The third-order valence-corrected chi connectivity index (χ3v) is 4.76. The summed E-state index contributed by atoms with van der Waals surface area (Å²) in [5, 5.41) is 16.7. The number of aryl methyl sites for hydroxylation is 1. The fourth-order valence-electron chi connectivity index (χ4n) is 2.45. The fraction of sp³-hybridized carbons (Fsp3) is 0.100. The Kier molecular flexibility index (Phi) is 6.20. The van der Waals surface area contributed by atoms with Gasteiger partial charge in [-0.25, -0.2) is 4.79 Å². The molecule has 2 N–H and O–H groups in total. The highest BCUT2D eigenvalue weighted by Crippen LogP contribution is 2.28. The first-order chi connectivity index (χ1) is 13.9. The topological polar surface area (TPSA) is 117 Å². The minimum Gasteiger partial charge on any atom is -0.482 e. The van der Waals surface area contributed by atoms with Crippen LogP contribution < -0.4 is 10.5 Å². The number of rotatable bonds is 7. The van der Waals surface area contributed by atoms with Gasteiger partial charge in [0.2, 0.25) is 0 Å². The molecule has 1 heterocycles. The third-order valence-electron chi connectivity index (χ3n) is 3.87. The Morgan fingerprint density at radius 1 is 1.21 bits per heavy atom. The molecule has 0 bridgehead atoms. The summed E-state index contributed by atoms with van der Waals surface area (Å²) in [6.45, 7) is 1.81. The number of nitrogens with zero attached hydrogens (tertiary/aromatic N) is 2. The minimum absolute atomic E-state index is 0.0472. The highest BCUT2D eigenvalue weighted by atomic mass is 32.1. The molecule has 9 heteroatoms. The highest BCUT2D eigenvalue weighted by molar-refractivity contribution is 7.12. The lowest BCUT2D eigenvalue weighted by atomic mass is 10.1. The first kappa shape index (κ1) is 20.0. The lowest BCUT2D eigenvalue weighted by molar-refractivity contribution is -0.386. The van der Waals surface area contributed by atoms with Crippen LogP contribution in [0.1, 0.15) is 26.4 Å². The number of benzene rings is 2. The molecule has 0 saturated heterocycles. The van der Waals surface area contributed by atoms with Crippen LogP contribution in [0.2, 0.25) is 0 Å². The Hall–Kier alpha value is -3.72. The van der Waals surface area contributed by atoms with Crippen LogP contribution in [0.15, 0.2) is 65.1 Å². The molecule has 0 unspecified atom stereocenters. The summed E-state index contributed by atoms with van der Waals surface area (Å²) in [5.41, 5.74) is 7.31. The first-order valence-corrected chi connectivity index (χ1v) is 9.37. The van der Waals surface area contributed by atoms with E-state index in [1.54, 1.807) is 49.4 Å². The molecule has 0 aliphatic carbocycles. The number of nitro benzene ring substituents is 1. The Bertz CT molecular complexity index is 1060. The van der Waals surface area contributed by atoms with Crippen LogP contribution in [-0.4, -0.2) is 16.7 Å². The minimum atomic E-state index is -0.673. The SMILES string of the molecule is Cc1ccc(OCc2cccc(C(=O)O/N=C(\N)c3cccs3)c2)c([N+](=O)[O-])c1. The van der Waals surface area contributed by atoms with Crippen molar-refractivity contribution in [3.63, 3.8) is 0 Å². The second kappa shape index (κ2) is 8.98. The largest absolute Gasteiger partial charge is 0.482 e. The van der Waals surface area contributed by atoms with E-state index in [1.807, 2.05) is 11.4 Å². The van der Waals surface area contributed by atoms with Gasteiger partial charge in [-0.1, -0.05) is 29.4 Å². The van der Waals surface area contributed by atoms with Crippen LogP contribution in [0.3, 0.4) is 0 Å². The van der Waals surface area contributed by atoms with Crippen molar-refractivity contribution in [1.82, 2.24) is 0 Å².